The summed E-state index contributed by atoms with van der Waals surface area (Å²) < 4.78 is 6.16. The van der Waals surface area contributed by atoms with E-state index in [2.05, 4.69) is 17.1 Å². The van der Waals surface area contributed by atoms with Gasteiger partial charge >= 0.3 is 0 Å². The monoisotopic (exact) mass is 272 g/mol. The van der Waals surface area contributed by atoms with Crippen LogP contribution in [0, 0.1) is 0 Å². The van der Waals surface area contributed by atoms with Gasteiger partial charge in [-0.05, 0) is 45.3 Å². The maximum Gasteiger partial charge on any atom is 0.0603 e. The molecule has 3 nitrogen and oxygen atoms in total. The topological polar surface area (TPSA) is 24.5 Å². The Labute approximate surface area is 121 Å². The molecule has 0 aromatic rings. The summed E-state index contributed by atoms with van der Waals surface area (Å²) in [5.41, 5.74) is 0. The van der Waals surface area contributed by atoms with E-state index in [-0.39, 0.29) is 0 Å². The summed E-state index contributed by atoms with van der Waals surface area (Å²) in [6.45, 7) is 16.2. The number of nitrogens with one attached hydrogen (secondary N) is 1. The lowest BCUT2D eigenvalue weighted by Crippen LogP contribution is -2.40. The zero-order valence-electron chi connectivity index (χ0n) is 13.9. The van der Waals surface area contributed by atoms with Crippen molar-refractivity contribution in [3.63, 3.8) is 0 Å². The average molecular weight is 272 g/mol. The number of ether oxygens (including phenoxy) is 1. The van der Waals surface area contributed by atoms with Gasteiger partial charge in [-0.1, -0.05) is 34.6 Å². The Hall–Kier alpha value is -0.120. The van der Waals surface area contributed by atoms with Crippen molar-refractivity contribution in [3.8, 4) is 0 Å². The van der Waals surface area contributed by atoms with E-state index in [0.717, 1.165) is 13.1 Å². The molecule has 19 heavy (non-hydrogen) atoms. The highest BCUT2D eigenvalue weighted by Gasteiger charge is 2.22. The maximum atomic E-state index is 6.16. The lowest BCUT2D eigenvalue weighted by molar-refractivity contribution is -0.0524. The van der Waals surface area contributed by atoms with Gasteiger partial charge in [0.2, 0.25) is 0 Å². The molecule has 116 valence electrons. The lowest BCUT2D eigenvalue weighted by atomic mass is 10.1. The normalized spacial score (nSPS) is 21.9. The second-order valence-corrected chi connectivity index (χ2v) is 4.72. The molecule has 2 rings (SSSR count). The second-order valence-electron chi connectivity index (χ2n) is 4.72. The highest BCUT2D eigenvalue weighted by molar-refractivity contribution is 4.75. The van der Waals surface area contributed by atoms with Gasteiger partial charge in [0.15, 0.2) is 0 Å². The molecule has 0 aliphatic carbocycles. The summed E-state index contributed by atoms with van der Waals surface area (Å²) in [5.74, 6) is 0. The molecule has 0 aromatic heterocycles. The Balaban J connectivity index is 0.000000741. The molecule has 0 saturated carbocycles. The van der Waals surface area contributed by atoms with Gasteiger partial charge in [0, 0.05) is 13.1 Å². The molecular formula is C16H36N2O. The van der Waals surface area contributed by atoms with Crippen molar-refractivity contribution in [2.75, 3.05) is 32.7 Å². The molecule has 0 unspecified atom stereocenters. The minimum atomic E-state index is 0.532. The van der Waals surface area contributed by atoms with Crippen LogP contribution in [0.1, 0.15) is 60.3 Å². The molecule has 0 spiro atoms. The number of hydrogen-bond acceptors (Lipinski definition) is 3. The second kappa shape index (κ2) is 12.9. The smallest absolute Gasteiger partial charge is 0.0603 e. The number of rotatable bonds is 3. The highest BCUT2D eigenvalue weighted by atomic mass is 16.5. The first-order valence-corrected chi connectivity index (χ1v) is 8.47. The van der Waals surface area contributed by atoms with Crippen LogP contribution >= 0.6 is 0 Å². The van der Waals surface area contributed by atoms with Crippen LogP contribution in [0.15, 0.2) is 0 Å². The largest absolute Gasteiger partial charge is 0.375 e. The number of nitrogens with zero attached hydrogens (tertiary/aromatic N) is 1. The minimum Gasteiger partial charge on any atom is -0.375 e. The van der Waals surface area contributed by atoms with E-state index in [1.54, 1.807) is 0 Å². The summed E-state index contributed by atoms with van der Waals surface area (Å²) >= 11 is 0. The van der Waals surface area contributed by atoms with Gasteiger partial charge in [0.25, 0.3) is 0 Å². The maximum absolute atomic E-state index is 6.16. The van der Waals surface area contributed by atoms with Gasteiger partial charge in [0.05, 0.1) is 12.2 Å². The zero-order valence-corrected chi connectivity index (χ0v) is 13.9. The third-order valence-corrected chi connectivity index (χ3v) is 3.65. The summed E-state index contributed by atoms with van der Waals surface area (Å²) in [4.78, 5) is 2.52. The Kier molecular flexibility index (Phi) is 12.8. The van der Waals surface area contributed by atoms with Crippen molar-refractivity contribution in [3.05, 3.63) is 0 Å². The van der Waals surface area contributed by atoms with Crippen LogP contribution < -0.4 is 5.32 Å². The number of likely N-dealkylation sites (tertiary alicyclic amines) is 1. The van der Waals surface area contributed by atoms with E-state index in [4.69, 9.17) is 4.74 Å². The fourth-order valence-corrected chi connectivity index (χ4v) is 2.57. The third kappa shape index (κ3) is 7.91. The standard InChI is InChI=1S/C12H24N2O.2C2H6/c1-2-14-9-5-12(6-10-14)15-11-3-7-13-8-4-11;2*1-2/h11-13H,2-10H2,1H3;2*1-2H3. The van der Waals surface area contributed by atoms with E-state index in [1.807, 2.05) is 27.7 Å². The molecule has 3 heteroatoms. The molecule has 2 heterocycles. The summed E-state index contributed by atoms with van der Waals surface area (Å²) in [6, 6.07) is 0. The molecular weight excluding hydrogens is 236 g/mol. The van der Waals surface area contributed by atoms with Crippen molar-refractivity contribution < 1.29 is 4.74 Å². The third-order valence-electron chi connectivity index (χ3n) is 3.65. The summed E-state index contributed by atoms with van der Waals surface area (Å²) in [6.07, 6.45) is 5.94. The number of piperidine rings is 2. The van der Waals surface area contributed by atoms with Crippen molar-refractivity contribution in [1.29, 1.82) is 0 Å². The van der Waals surface area contributed by atoms with Gasteiger partial charge in [0.1, 0.15) is 0 Å². The molecule has 2 saturated heterocycles. The van der Waals surface area contributed by atoms with Gasteiger partial charge in [-0.3, -0.25) is 0 Å². The SMILES string of the molecule is CC.CC.CCN1CCC(OC2CCNCC2)CC1. The zero-order chi connectivity index (χ0) is 14.5. The van der Waals surface area contributed by atoms with Crippen LogP contribution in [0.25, 0.3) is 0 Å². The quantitative estimate of drug-likeness (QED) is 0.853. The van der Waals surface area contributed by atoms with Gasteiger partial charge in [-0.15, -0.1) is 0 Å². The molecule has 0 amide bonds. The van der Waals surface area contributed by atoms with Crippen molar-refractivity contribution >= 4 is 0 Å². The Morgan fingerprint density at radius 3 is 1.84 bits per heavy atom. The highest BCUT2D eigenvalue weighted by Crippen LogP contribution is 2.18. The Morgan fingerprint density at radius 2 is 1.37 bits per heavy atom. The van der Waals surface area contributed by atoms with E-state index in [9.17, 15) is 0 Å². The molecule has 0 aromatic carbocycles. The van der Waals surface area contributed by atoms with Gasteiger partial charge in [-0.25, -0.2) is 0 Å². The van der Waals surface area contributed by atoms with Crippen molar-refractivity contribution in [1.82, 2.24) is 10.2 Å². The van der Waals surface area contributed by atoms with Crippen LogP contribution in [-0.2, 0) is 4.74 Å². The van der Waals surface area contributed by atoms with Crippen LogP contribution in [-0.4, -0.2) is 49.8 Å². The van der Waals surface area contributed by atoms with E-state index < -0.39 is 0 Å². The first kappa shape index (κ1) is 18.9. The fourth-order valence-electron chi connectivity index (χ4n) is 2.57. The molecule has 2 fully saturated rings. The first-order valence-electron chi connectivity index (χ1n) is 8.47. The van der Waals surface area contributed by atoms with Crippen LogP contribution in [0.4, 0.5) is 0 Å². The summed E-state index contributed by atoms with van der Waals surface area (Å²) in [7, 11) is 0. The molecule has 0 atom stereocenters. The van der Waals surface area contributed by atoms with E-state index in [0.29, 0.717) is 12.2 Å². The van der Waals surface area contributed by atoms with Crippen LogP contribution in [0.2, 0.25) is 0 Å². The van der Waals surface area contributed by atoms with Gasteiger partial charge in [-0.2, -0.15) is 0 Å². The molecule has 0 radical (unpaired) electrons. The Morgan fingerprint density at radius 1 is 0.895 bits per heavy atom. The summed E-state index contributed by atoms with van der Waals surface area (Å²) in [5, 5.41) is 3.38. The molecule has 2 aliphatic heterocycles. The Bertz CT molecular complexity index is 174. The predicted octanol–water partition coefficient (Wildman–Crippen LogP) is 3.29. The number of hydrogen-bond donors (Lipinski definition) is 1. The minimum absolute atomic E-state index is 0.532. The van der Waals surface area contributed by atoms with E-state index >= 15 is 0 Å². The first-order chi connectivity index (χ1) is 9.38. The average Bonchev–Trinajstić information content (AvgIpc) is 2.53. The van der Waals surface area contributed by atoms with Gasteiger partial charge < -0.3 is 15.0 Å². The molecule has 0 bridgehead atoms. The molecule has 2 aliphatic rings. The van der Waals surface area contributed by atoms with Crippen LogP contribution in [0.3, 0.4) is 0 Å². The predicted molar refractivity (Wildman–Crippen MR) is 84.8 cm³/mol. The molecule has 1 N–H and O–H groups in total. The fraction of sp³-hybridized carbons (Fsp3) is 1.00. The van der Waals surface area contributed by atoms with E-state index in [1.165, 1.54) is 45.3 Å². The van der Waals surface area contributed by atoms with Crippen LogP contribution in [0.5, 0.6) is 0 Å². The van der Waals surface area contributed by atoms with Crippen molar-refractivity contribution in [2.45, 2.75) is 72.5 Å². The lowest BCUT2D eigenvalue weighted by Gasteiger charge is -2.34. The van der Waals surface area contributed by atoms with Crippen molar-refractivity contribution in [2.24, 2.45) is 0 Å².